The Kier molecular flexibility index (Phi) is 2.94. The Bertz CT molecular complexity index is 612. The van der Waals surface area contributed by atoms with Crippen LogP contribution in [0, 0.1) is 5.41 Å². The van der Waals surface area contributed by atoms with Crippen LogP contribution in [-0.2, 0) is 0 Å². The number of hydrogen-bond donors (Lipinski definition) is 1. The summed E-state index contributed by atoms with van der Waals surface area (Å²) >= 11 is 0. The van der Waals surface area contributed by atoms with Crippen molar-refractivity contribution in [3.05, 3.63) is 36.0 Å². The van der Waals surface area contributed by atoms with Crippen molar-refractivity contribution in [3.63, 3.8) is 0 Å². The average molecular weight is 256 g/mol. The highest BCUT2D eigenvalue weighted by molar-refractivity contribution is 6.08. The van der Waals surface area contributed by atoms with Crippen molar-refractivity contribution in [3.8, 4) is 0 Å². The van der Waals surface area contributed by atoms with Crippen LogP contribution in [-0.4, -0.2) is 35.3 Å². The van der Waals surface area contributed by atoms with Gasteiger partial charge in [0.15, 0.2) is 5.78 Å². The number of H-pyrrole nitrogens is 1. The van der Waals surface area contributed by atoms with E-state index < -0.39 is 0 Å². The molecule has 1 aliphatic heterocycles. The van der Waals surface area contributed by atoms with Gasteiger partial charge in [-0.2, -0.15) is 0 Å². The summed E-state index contributed by atoms with van der Waals surface area (Å²) in [6.45, 7) is 7.11. The molecule has 0 bridgehead atoms. The van der Waals surface area contributed by atoms with Crippen LogP contribution in [0.25, 0.3) is 10.9 Å². The first kappa shape index (κ1) is 12.4. The molecule has 0 unspecified atom stereocenters. The molecule has 1 aromatic carbocycles. The topological polar surface area (TPSA) is 36.1 Å². The Balaban J connectivity index is 1.78. The molecule has 100 valence electrons. The number of carbonyl (C=O) groups is 1. The number of benzene rings is 1. The SMILES string of the molecule is CC1(C)CCN(CC(=O)c2c[nH]c3ccccc23)C1. The van der Waals surface area contributed by atoms with Crippen LogP contribution in [0.1, 0.15) is 30.6 Å². The summed E-state index contributed by atoms with van der Waals surface area (Å²) in [5, 5.41) is 1.03. The molecular formula is C16H20N2O. The number of hydrogen-bond acceptors (Lipinski definition) is 2. The van der Waals surface area contributed by atoms with E-state index >= 15 is 0 Å². The van der Waals surface area contributed by atoms with E-state index in [0.717, 1.165) is 29.6 Å². The van der Waals surface area contributed by atoms with E-state index in [1.165, 1.54) is 6.42 Å². The van der Waals surface area contributed by atoms with Gasteiger partial charge in [-0.1, -0.05) is 32.0 Å². The fraction of sp³-hybridized carbons (Fsp3) is 0.438. The van der Waals surface area contributed by atoms with Gasteiger partial charge in [0.25, 0.3) is 0 Å². The molecule has 1 N–H and O–H groups in total. The number of Topliss-reactive ketones (excluding diaryl/α,β-unsaturated/α-hetero) is 1. The Labute approximate surface area is 113 Å². The van der Waals surface area contributed by atoms with Crippen molar-refractivity contribution >= 4 is 16.7 Å². The fourth-order valence-electron chi connectivity index (χ4n) is 2.95. The molecule has 0 spiro atoms. The monoisotopic (exact) mass is 256 g/mol. The normalized spacial score (nSPS) is 19.1. The van der Waals surface area contributed by atoms with E-state index in [1.807, 2.05) is 30.5 Å². The predicted octanol–water partition coefficient (Wildman–Crippen LogP) is 3.08. The highest BCUT2D eigenvalue weighted by atomic mass is 16.1. The zero-order valence-corrected chi connectivity index (χ0v) is 11.6. The van der Waals surface area contributed by atoms with E-state index in [1.54, 1.807) is 0 Å². The molecule has 0 radical (unpaired) electrons. The van der Waals surface area contributed by atoms with Crippen LogP contribution < -0.4 is 0 Å². The molecule has 1 aromatic heterocycles. The summed E-state index contributed by atoms with van der Waals surface area (Å²) in [6.07, 6.45) is 3.02. The average Bonchev–Trinajstić information content (AvgIpc) is 2.92. The van der Waals surface area contributed by atoms with E-state index in [9.17, 15) is 4.79 Å². The Hall–Kier alpha value is -1.61. The van der Waals surface area contributed by atoms with Gasteiger partial charge in [0.2, 0.25) is 0 Å². The van der Waals surface area contributed by atoms with Crippen molar-refractivity contribution in [2.45, 2.75) is 20.3 Å². The summed E-state index contributed by atoms with van der Waals surface area (Å²) < 4.78 is 0. The van der Waals surface area contributed by atoms with E-state index in [0.29, 0.717) is 12.0 Å². The Morgan fingerprint density at radius 3 is 2.89 bits per heavy atom. The Morgan fingerprint density at radius 2 is 2.16 bits per heavy atom. The first-order valence-corrected chi connectivity index (χ1v) is 6.87. The molecule has 3 heteroatoms. The summed E-state index contributed by atoms with van der Waals surface area (Å²) in [6, 6.07) is 7.97. The van der Waals surface area contributed by atoms with Crippen LogP contribution in [0.15, 0.2) is 30.5 Å². The lowest BCUT2D eigenvalue weighted by molar-refractivity contribution is 0.0942. The largest absolute Gasteiger partial charge is 0.360 e. The maximum Gasteiger partial charge on any atom is 0.178 e. The summed E-state index contributed by atoms with van der Waals surface area (Å²) in [5.41, 5.74) is 2.20. The number of nitrogens with zero attached hydrogens (tertiary/aromatic N) is 1. The van der Waals surface area contributed by atoms with Crippen LogP contribution >= 0.6 is 0 Å². The van der Waals surface area contributed by atoms with Crippen molar-refractivity contribution in [2.75, 3.05) is 19.6 Å². The number of aromatic amines is 1. The molecule has 2 heterocycles. The lowest BCUT2D eigenvalue weighted by atomic mass is 9.93. The van der Waals surface area contributed by atoms with Crippen molar-refractivity contribution < 1.29 is 4.79 Å². The first-order valence-electron chi connectivity index (χ1n) is 6.87. The molecule has 0 saturated carbocycles. The quantitative estimate of drug-likeness (QED) is 0.857. The van der Waals surface area contributed by atoms with Crippen LogP contribution in [0.5, 0.6) is 0 Å². The second-order valence-electron chi connectivity index (χ2n) is 6.30. The predicted molar refractivity (Wildman–Crippen MR) is 77.5 cm³/mol. The fourth-order valence-corrected chi connectivity index (χ4v) is 2.95. The van der Waals surface area contributed by atoms with Crippen molar-refractivity contribution in [2.24, 2.45) is 5.41 Å². The summed E-state index contributed by atoms with van der Waals surface area (Å²) in [5.74, 6) is 0.218. The van der Waals surface area contributed by atoms with Gasteiger partial charge < -0.3 is 4.98 Å². The first-order chi connectivity index (χ1) is 9.05. The van der Waals surface area contributed by atoms with Crippen molar-refractivity contribution in [1.29, 1.82) is 0 Å². The molecule has 0 amide bonds. The van der Waals surface area contributed by atoms with Gasteiger partial charge in [-0.05, 0) is 24.4 Å². The molecule has 3 rings (SSSR count). The number of ketones is 1. The third kappa shape index (κ3) is 2.43. The third-order valence-corrected chi connectivity index (χ3v) is 4.01. The van der Waals surface area contributed by atoms with E-state index in [4.69, 9.17) is 0 Å². The minimum absolute atomic E-state index is 0.218. The number of carbonyl (C=O) groups excluding carboxylic acids is 1. The summed E-state index contributed by atoms with van der Waals surface area (Å²) in [4.78, 5) is 17.9. The smallest absolute Gasteiger partial charge is 0.178 e. The van der Waals surface area contributed by atoms with E-state index in [-0.39, 0.29) is 5.78 Å². The molecule has 0 aliphatic carbocycles. The minimum atomic E-state index is 0.218. The van der Waals surface area contributed by atoms with Crippen LogP contribution in [0.2, 0.25) is 0 Å². The molecule has 1 fully saturated rings. The molecule has 2 aromatic rings. The lowest BCUT2D eigenvalue weighted by Crippen LogP contribution is -2.29. The highest BCUT2D eigenvalue weighted by Crippen LogP contribution is 2.29. The van der Waals surface area contributed by atoms with Gasteiger partial charge >= 0.3 is 0 Å². The Morgan fingerprint density at radius 1 is 1.37 bits per heavy atom. The maximum atomic E-state index is 12.4. The number of rotatable bonds is 3. The molecule has 0 atom stereocenters. The molecule has 3 nitrogen and oxygen atoms in total. The van der Waals surface area contributed by atoms with Gasteiger partial charge in [-0.15, -0.1) is 0 Å². The second kappa shape index (κ2) is 4.49. The van der Waals surface area contributed by atoms with Gasteiger partial charge in [-0.25, -0.2) is 0 Å². The summed E-state index contributed by atoms with van der Waals surface area (Å²) in [7, 11) is 0. The number of likely N-dealkylation sites (tertiary alicyclic amines) is 1. The standard InChI is InChI=1S/C16H20N2O/c1-16(2)7-8-18(11-16)10-15(19)13-9-17-14-6-4-3-5-12(13)14/h3-6,9,17H,7-8,10-11H2,1-2H3. The number of para-hydroxylation sites is 1. The third-order valence-electron chi connectivity index (χ3n) is 4.01. The lowest BCUT2D eigenvalue weighted by Gasteiger charge is -2.18. The number of fused-ring (bicyclic) bond motifs is 1. The minimum Gasteiger partial charge on any atom is -0.360 e. The number of nitrogens with one attached hydrogen (secondary N) is 1. The van der Waals surface area contributed by atoms with Crippen molar-refractivity contribution in [1.82, 2.24) is 9.88 Å². The zero-order valence-electron chi connectivity index (χ0n) is 11.6. The van der Waals surface area contributed by atoms with E-state index in [2.05, 4.69) is 23.7 Å². The molecular weight excluding hydrogens is 236 g/mol. The van der Waals surface area contributed by atoms with Gasteiger partial charge in [-0.3, -0.25) is 9.69 Å². The van der Waals surface area contributed by atoms with Crippen LogP contribution in [0.3, 0.4) is 0 Å². The zero-order chi connectivity index (χ0) is 13.5. The van der Waals surface area contributed by atoms with Gasteiger partial charge in [0.05, 0.1) is 6.54 Å². The van der Waals surface area contributed by atoms with Crippen LogP contribution in [0.4, 0.5) is 0 Å². The maximum absolute atomic E-state index is 12.4. The van der Waals surface area contributed by atoms with Gasteiger partial charge in [0, 0.05) is 29.2 Å². The number of aromatic nitrogens is 1. The molecule has 1 aliphatic rings. The highest BCUT2D eigenvalue weighted by Gasteiger charge is 2.30. The molecule has 19 heavy (non-hydrogen) atoms. The molecule has 1 saturated heterocycles. The van der Waals surface area contributed by atoms with Gasteiger partial charge in [0.1, 0.15) is 0 Å². The second-order valence-corrected chi connectivity index (χ2v) is 6.30.